The second-order valence-electron chi connectivity index (χ2n) is 4.84. The van der Waals surface area contributed by atoms with Crippen molar-refractivity contribution in [3.8, 4) is 0 Å². The predicted octanol–water partition coefficient (Wildman–Crippen LogP) is 3.90. The Balaban J connectivity index is 1.82. The second-order valence-corrected chi connectivity index (χ2v) is 6.00. The summed E-state index contributed by atoms with van der Waals surface area (Å²) in [6.07, 6.45) is 2.15. The average Bonchev–Trinajstić information content (AvgIpc) is 2.49. The molecule has 2 aromatic carbocycles. The molecule has 102 valence electrons. The Bertz CT molecular complexity index is 655. The van der Waals surface area contributed by atoms with E-state index in [2.05, 4.69) is 33.2 Å². The number of hydrogen-bond acceptors (Lipinski definition) is 2. The van der Waals surface area contributed by atoms with Crippen molar-refractivity contribution in [2.45, 2.75) is 12.8 Å². The van der Waals surface area contributed by atoms with E-state index in [1.165, 1.54) is 5.56 Å². The highest BCUT2D eigenvalue weighted by atomic mass is 127. The highest BCUT2D eigenvalue weighted by molar-refractivity contribution is 14.1. The van der Waals surface area contributed by atoms with Crippen LogP contribution in [0.1, 0.15) is 22.3 Å². The lowest BCUT2D eigenvalue weighted by Gasteiger charge is -2.18. The molecule has 0 saturated carbocycles. The number of amides is 1. The molecule has 4 heteroatoms. The molecule has 0 bridgehead atoms. The third kappa shape index (κ3) is 2.80. The van der Waals surface area contributed by atoms with Gasteiger partial charge in [-0.05, 0) is 71.3 Å². The molecule has 0 spiro atoms. The van der Waals surface area contributed by atoms with Crippen molar-refractivity contribution in [2.75, 3.05) is 17.2 Å². The van der Waals surface area contributed by atoms with Gasteiger partial charge in [-0.3, -0.25) is 4.79 Å². The number of carbonyl (C=O) groups excluding carboxylic acids is 1. The molecular formula is C16H15IN2O. The summed E-state index contributed by atoms with van der Waals surface area (Å²) in [5.74, 6) is -0.0533. The number of fused-ring (bicyclic) bond motifs is 1. The number of para-hydroxylation sites is 1. The first-order valence-corrected chi connectivity index (χ1v) is 7.74. The molecule has 0 aliphatic carbocycles. The highest BCUT2D eigenvalue weighted by Crippen LogP contribution is 2.24. The van der Waals surface area contributed by atoms with Crippen LogP contribution >= 0.6 is 22.6 Å². The Morgan fingerprint density at radius 3 is 2.90 bits per heavy atom. The summed E-state index contributed by atoms with van der Waals surface area (Å²) in [5.41, 5.74) is 3.95. The topological polar surface area (TPSA) is 41.1 Å². The molecule has 0 unspecified atom stereocenters. The summed E-state index contributed by atoms with van der Waals surface area (Å²) in [4.78, 5) is 12.3. The van der Waals surface area contributed by atoms with Crippen LogP contribution in [0.15, 0.2) is 42.5 Å². The fraction of sp³-hybridized carbons (Fsp3) is 0.188. The molecule has 1 amide bonds. The molecule has 1 heterocycles. The van der Waals surface area contributed by atoms with Gasteiger partial charge in [0.15, 0.2) is 0 Å². The summed E-state index contributed by atoms with van der Waals surface area (Å²) >= 11 is 2.22. The first kappa shape index (κ1) is 13.4. The SMILES string of the molecule is O=C(Nc1ccccc1I)c1ccc2c(c1)CCCN2. The normalized spacial score (nSPS) is 13.2. The van der Waals surface area contributed by atoms with E-state index >= 15 is 0 Å². The molecule has 0 atom stereocenters. The summed E-state index contributed by atoms with van der Waals surface area (Å²) < 4.78 is 1.04. The molecule has 0 fully saturated rings. The van der Waals surface area contributed by atoms with Crippen molar-refractivity contribution < 1.29 is 4.79 Å². The maximum absolute atomic E-state index is 12.3. The average molecular weight is 378 g/mol. The maximum atomic E-state index is 12.3. The van der Waals surface area contributed by atoms with Gasteiger partial charge in [-0.2, -0.15) is 0 Å². The molecular weight excluding hydrogens is 363 g/mol. The summed E-state index contributed by atoms with van der Waals surface area (Å²) in [6, 6.07) is 13.7. The number of rotatable bonds is 2. The summed E-state index contributed by atoms with van der Waals surface area (Å²) in [5, 5.41) is 6.32. The minimum atomic E-state index is -0.0533. The quantitative estimate of drug-likeness (QED) is 0.779. The zero-order valence-corrected chi connectivity index (χ0v) is 13.1. The monoisotopic (exact) mass is 378 g/mol. The number of carbonyl (C=O) groups is 1. The predicted molar refractivity (Wildman–Crippen MR) is 90.4 cm³/mol. The molecule has 2 aromatic rings. The molecule has 3 rings (SSSR count). The molecule has 1 aliphatic rings. The number of benzene rings is 2. The van der Waals surface area contributed by atoms with Crippen molar-refractivity contribution in [3.05, 3.63) is 57.2 Å². The van der Waals surface area contributed by atoms with Crippen LogP contribution in [0, 0.1) is 3.57 Å². The standard InChI is InChI=1S/C16H15IN2O/c17-13-5-1-2-6-15(13)19-16(20)12-7-8-14-11(10-12)4-3-9-18-14/h1-2,5-8,10,18H,3-4,9H2,(H,19,20). The van der Waals surface area contributed by atoms with Gasteiger partial charge in [-0.25, -0.2) is 0 Å². The molecule has 2 N–H and O–H groups in total. The van der Waals surface area contributed by atoms with Crippen LogP contribution in [0.25, 0.3) is 0 Å². The Morgan fingerprint density at radius 2 is 2.05 bits per heavy atom. The van der Waals surface area contributed by atoms with Crippen LogP contribution in [0.3, 0.4) is 0 Å². The van der Waals surface area contributed by atoms with Crippen LogP contribution in [0.4, 0.5) is 11.4 Å². The lowest BCUT2D eigenvalue weighted by atomic mass is 10.0. The van der Waals surface area contributed by atoms with Gasteiger partial charge >= 0.3 is 0 Å². The first-order valence-electron chi connectivity index (χ1n) is 6.67. The third-order valence-corrected chi connectivity index (χ3v) is 4.37. The van der Waals surface area contributed by atoms with Gasteiger partial charge in [0.2, 0.25) is 0 Å². The minimum Gasteiger partial charge on any atom is -0.385 e. The smallest absolute Gasteiger partial charge is 0.255 e. The fourth-order valence-corrected chi connectivity index (χ4v) is 2.90. The second kappa shape index (κ2) is 5.83. The van der Waals surface area contributed by atoms with Crippen molar-refractivity contribution >= 4 is 39.9 Å². The summed E-state index contributed by atoms with van der Waals surface area (Å²) in [6.45, 7) is 1.01. The van der Waals surface area contributed by atoms with E-state index in [0.29, 0.717) is 5.56 Å². The van der Waals surface area contributed by atoms with Gasteiger partial charge in [0.05, 0.1) is 5.69 Å². The number of halogens is 1. The minimum absolute atomic E-state index is 0.0533. The van der Waals surface area contributed by atoms with Gasteiger partial charge in [-0.1, -0.05) is 12.1 Å². The van der Waals surface area contributed by atoms with E-state index < -0.39 is 0 Å². The zero-order valence-electron chi connectivity index (χ0n) is 10.9. The van der Waals surface area contributed by atoms with E-state index in [9.17, 15) is 4.79 Å². The molecule has 0 saturated heterocycles. The van der Waals surface area contributed by atoms with E-state index in [-0.39, 0.29) is 5.91 Å². The van der Waals surface area contributed by atoms with E-state index in [4.69, 9.17) is 0 Å². The van der Waals surface area contributed by atoms with Crippen molar-refractivity contribution in [3.63, 3.8) is 0 Å². The molecule has 0 radical (unpaired) electrons. The highest BCUT2D eigenvalue weighted by Gasteiger charge is 2.13. The van der Waals surface area contributed by atoms with E-state index in [1.807, 2.05) is 42.5 Å². The number of hydrogen-bond donors (Lipinski definition) is 2. The van der Waals surface area contributed by atoms with Gasteiger partial charge in [0.1, 0.15) is 0 Å². The van der Waals surface area contributed by atoms with Crippen LogP contribution in [-0.2, 0) is 6.42 Å². The van der Waals surface area contributed by atoms with Gasteiger partial charge in [0.25, 0.3) is 5.91 Å². The van der Waals surface area contributed by atoms with Crippen LogP contribution in [0.5, 0.6) is 0 Å². The first-order chi connectivity index (χ1) is 9.74. The van der Waals surface area contributed by atoms with E-state index in [0.717, 1.165) is 34.3 Å². The van der Waals surface area contributed by atoms with Crippen molar-refractivity contribution in [1.82, 2.24) is 0 Å². The van der Waals surface area contributed by atoms with Crippen LogP contribution in [-0.4, -0.2) is 12.5 Å². The van der Waals surface area contributed by atoms with E-state index in [1.54, 1.807) is 0 Å². The van der Waals surface area contributed by atoms with Crippen molar-refractivity contribution in [2.24, 2.45) is 0 Å². The largest absolute Gasteiger partial charge is 0.385 e. The third-order valence-electron chi connectivity index (χ3n) is 3.43. The van der Waals surface area contributed by atoms with Crippen LogP contribution in [0.2, 0.25) is 0 Å². The molecule has 0 aromatic heterocycles. The molecule has 1 aliphatic heterocycles. The van der Waals surface area contributed by atoms with Gasteiger partial charge in [-0.15, -0.1) is 0 Å². The number of anilines is 2. The Morgan fingerprint density at radius 1 is 1.20 bits per heavy atom. The van der Waals surface area contributed by atoms with Crippen LogP contribution < -0.4 is 10.6 Å². The Kier molecular flexibility index (Phi) is 3.91. The fourth-order valence-electron chi connectivity index (χ4n) is 2.37. The summed E-state index contributed by atoms with van der Waals surface area (Å²) in [7, 11) is 0. The van der Waals surface area contributed by atoms with Gasteiger partial charge in [0, 0.05) is 21.4 Å². The Labute approximate surface area is 131 Å². The van der Waals surface area contributed by atoms with Gasteiger partial charge < -0.3 is 10.6 Å². The maximum Gasteiger partial charge on any atom is 0.255 e. The zero-order chi connectivity index (χ0) is 13.9. The van der Waals surface area contributed by atoms with Crippen molar-refractivity contribution in [1.29, 1.82) is 0 Å². The number of nitrogens with one attached hydrogen (secondary N) is 2. The molecule has 20 heavy (non-hydrogen) atoms. The Hall–Kier alpha value is -1.56. The lowest BCUT2D eigenvalue weighted by molar-refractivity contribution is 0.102. The lowest BCUT2D eigenvalue weighted by Crippen LogP contribution is -2.16. The molecule has 3 nitrogen and oxygen atoms in total. The number of aryl methyl sites for hydroxylation is 1.